The van der Waals surface area contributed by atoms with Crippen molar-refractivity contribution in [2.24, 2.45) is 0 Å². The molecule has 0 unspecified atom stereocenters. The van der Waals surface area contributed by atoms with Crippen LogP contribution in [0.1, 0.15) is 15.2 Å². The molecule has 0 spiro atoms. The van der Waals surface area contributed by atoms with E-state index in [9.17, 15) is 4.79 Å². The summed E-state index contributed by atoms with van der Waals surface area (Å²) in [6.45, 7) is 1.93. The summed E-state index contributed by atoms with van der Waals surface area (Å²) in [5.41, 5.74) is 8.08. The summed E-state index contributed by atoms with van der Waals surface area (Å²) in [7, 11) is 0. The first-order valence-electron chi connectivity index (χ1n) is 6.27. The van der Waals surface area contributed by atoms with Crippen LogP contribution < -0.4 is 11.1 Å². The Morgan fingerprint density at radius 1 is 1.38 bits per heavy atom. The average Bonchev–Trinajstić information content (AvgIpc) is 2.81. The van der Waals surface area contributed by atoms with E-state index in [2.05, 4.69) is 10.3 Å². The highest BCUT2D eigenvalue weighted by atomic mass is 35.5. The second-order valence-corrected chi connectivity index (χ2v) is 6.04. The predicted molar refractivity (Wildman–Crippen MR) is 88.2 cm³/mol. The first kappa shape index (κ1) is 13.9. The van der Waals surface area contributed by atoms with Crippen molar-refractivity contribution in [2.45, 2.75) is 6.92 Å². The zero-order valence-electron chi connectivity index (χ0n) is 11.2. The number of hydrogen-bond donors (Lipinski definition) is 2. The number of pyridine rings is 1. The number of anilines is 2. The summed E-state index contributed by atoms with van der Waals surface area (Å²) in [4.78, 5) is 17.8. The molecule has 0 aliphatic heterocycles. The normalized spacial score (nSPS) is 10.8. The van der Waals surface area contributed by atoms with E-state index in [0.29, 0.717) is 21.3 Å². The molecule has 0 radical (unpaired) electrons. The van der Waals surface area contributed by atoms with Gasteiger partial charge in [0.2, 0.25) is 0 Å². The summed E-state index contributed by atoms with van der Waals surface area (Å²) >= 11 is 7.36. The molecule has 1 aromatic carbocycles. The molecule has 0 saturated heterocycles. The van der Waals surface area contributed by atoms with Crippen LogP contribution in [0.25, 0.3) is 10.2 Å². The van der Waals surface area contributed by atoms with E-state index < -0.39 is 0 Å². The summed E-state index contributed by atoms with van der Waals surface area (Å²) in [5.74, 6) is -0.275. The predicted octanol–water partition coefficient (Wildman–Crippen LogP) is 4.09. The highest BCUT2D eigenvalue weighted by Gasteiger charge is 2.17. The largest absolute Gasteiger partial charge is 0.397 e. The monoisotopic (exact) mass is 317 g/mol. The lowest BCUT2D eigenvalue weighted by atomic mass is 10.2. The SMILES string of the molecule is Cc1ccc(Cl)c(NC(=O)c2sc3ncccc3c2N)c1. The molecule has 3 rings (SSSR count). The van der Waals surface area contributed by atoms with Crippen molar-refractivity contribution < 1.29 is 4.79 Å². The minimum absolute atomic E-state index is 0.275. The lowest BCUT2D eigenvalue weighted by Crippen LogP contribution is -2.12. The van der Waals surface area contributed by atoms with Crippen LogP contribution in [0.4, 0.5) is 11.4 Å². The molecular weight excluding hydrogens is 306 g/mol. The molecule has 0 aliphatic carbocycles. The van der Waals surface area contributed by atoms with Gasteiger partial charge in [-0.15, -0.1) is 11.3 Å². The van der Waals surface area contributed by atoms with Gasteiger partial charge in [-0.3, -0.25) is 4.79 Å². The fourth-order valence-electron chi connectivity index (χ4n) is 2.03. The zero-order chi connectivity index (χ0) is 15.0. The van der Waals surface area contributed by atoms with Gasteiger partial charge in [-0.2, -0.15) is 0 Å². The van der Waals surface area contributed by atoms with Crippen LogP contribution in [-0.4, -0.2) is 10.9 Å². The Morgan fingerprint density at radius 2 is 2.19 bits per heavy atom. The first-order valence-corrected chi connectivity index (χ1v) is 7.46. The Morgan fingerprint density at radius 3 is 2.95 bits per heavy atom. The molecule has 3 N–H and O–H groups in total. The molecule has 4 nitrogen and oxygen atoms in total. The van der Waals surface area contributed by atoms with Gasteiger partial charge in [0.25, 0.3) is 5.91 Å². The molecule has 0 atom stereocenters. The second kappa shape index (κ2) is 5.35. The molecule has 3 aromatic rings. The molecule has 0 saturated carbocycles. The van der Waals surface area contributed by atoms with Gasteiger partial charge in [0.05, 0.1) is 16.4 Å². The van der Waals surface area contributed by atoms with Crippen LogP contribution in [0, 0.1) is 6.92 Å². The number of benzene rings is 1. The van der Waals surface area contributed by atoms with E-state index in [0.717, 1.165) is 15.8 Å². The summed E-state index contributed by atoms with van der Waals surface area (Å²) in [5, 5.41) is 4.09. The number of carbonyl (C=O) groups is 1. The van der Waals surface area contributed by atoms with Crippen molar-refractivity contribution in [3.05, 3.63) is 52.0 Å². The van der Waals surface area contributed by atoms with Crippen molar-refractivity contribution >= 4 is 50.4 Å². The Bertz CT molecular complexity index is 844. The third-order valence-corrected chi connectivity index (χ3v) is 4.54. The molecule has 0 bridgehead atoms. The fourth-order valence-corrected chi connectivity index (χ4v) is 3.16. The number of amides is 1. The maximum Gasteiger partial charge on any atom is 0.267 e. The van der Waals surface area contributed by atoms with Crippen LogP contribution in [0.2, 0.25) is 5.02 Å². The number of nitrogens with one attached hydrogen (secondary N) is 1. The number of nitrogen functional groups attached to an aromatic ring is 1. The summed E-state index contributed by atoms with van der Waals surface area (Å²) in [6.07, 6.45) is 1.68. The molecule has 0 fully saturated rings. The Labute approximate surface area is 130 Å². The maximum atomic E-state index is 12.4. The van der Waals surface area contributed by atoms with Crippen molar-refractivity contribution in [3.63, 3.8) is 0 Å². The molecular formula is C15H12ClN3OS. The average molecular weight is 318 g/mol. The van der Waals surface area contributed by atoms with Gasteiger partial charge in [-0.25, -0.2) is 4.98 Å². The third-order valence-electron chi connectivity index (χ3n) is 3.08. The molecule has 1 amide bonds. The van der Waals surface area contributed by atoms with Crippen LogP contribution in [0.3, 0.4) is 0 Å². The number of nitrogens with two attached hydrogens (primary N) is 1. The van der Waals surface area contributed by atoms with Crippen molar-refractivity contribution in [2.75, 3.05) is 11.1 Å². The molecule has 2 aromatic heterocycles. The van der Waals surface area contributed by atoms with Gasteiger partial charge in [-0.05, 0) is 36.8 Å². The fraction of sp³-hybridized carbons (Fsp3) is 0.0667. The second-order valence-electron chi connectivity index (χ2n) is 4.64. The van der Waals surface area contributed by atoms with Gasteiger partial charge in [0.1, 0.15) is 9.71 Å². The standard InChI is InChI=1S/C15H12ClN3OS/c1-8-4-5-10(16)11(7-8)19-14(20)13-12(17)9-3-2-6-18-15(9)21-13/h2-7H,17H2,1H3,(H,19,20). The van der Waals surface area contributed by atoms with Crippen molar-refractivity contribution in [3.8, 4) is 0 Å². The number of aryl methyl sites for hydroxylation is 1. The van der Waals surface area contributed by atoms with Gasteiger partial charge >= 0.3 is 0 Å². The number of fused-ring (bicyclic) bond motifs is 1. The van der Waals surface area contributed by atoms with E-state index in [4.69, 9.17) is 17.3 Å². The van der Waals surface area contributed by atoms with Crippen LogP contribution in [0.5, 0.6) is 0 Å². The number of nitrogens with zero attached hydrogens (tertiary/aromatic N) is 1. The van der Waals surface area contributed by atoms with E-state index >= 15 is 0 Å². The molecule has 21 heavy (non-hydrogen) atoms. The number of thiophene rings is 1. The van der Waals surface area contributed by atoms with E-state index in [-0.39, 0.29) is 5.91 Å². The highest BCUT2D eigenvalue weighted by molar-refractivity contribution is 7.21. The number of carbonyl (C=O) groups excluding carboxylic acids is 1. The molecule has 106 valence electrons. The lowest BCUT2D eigenvalue weighted by Gasteiger charge is -2.07. The van der Waals surface area contributed by atoms with Gasteiger partial charge in [0.15, 0.2) is 0 Å². The number of halogens is 1. The number of aromatic nitrogens is 1. The van der Waals surface area contributed by atoms with E-state index in [1.807, 2.05) is 25.1 Å². The van der Waals surface area contributed by atoms with Gasteiger partial charge in [-0.1, -0.05) is 17.7 Å². The summed E-state index contributed by atoms with van der Waals surface area (Å²) < 4.78 is 0. The Kier molecular flexibility index (Phi) is 3.53. The Hall–Kier alpha value is -2.11. The minimum Gasteiger partial charge on any atom is -0.397 e. The minimum atomic E-state index is -0.275. The molecule has 0 aliphatic rings. The van der Waals surface area contributed by atoms with Crippen LogP contribution >= 0.6 is 22.9 Å². The van der Waals surface area contributed by atoms with E-state index in [1.54, 1.807) is 18.3 Å². The van der Waals surface area contributed by atoms with Crippen molar-refractivity contribution in [1.82, 2.24) is 4.98 Å². The lowest BCUT2D eigenvalue weighted by molar-refractivity contribution is 0.103. The third kappa shape index (κ3) is 2.57. The first-order chi connectivity index (χ1) is 10.1. The quantitative estimate of drug-likeness (QED) is 0.748. The number of rotatable bonds is 2. The van der Waals surface area contributed by atoms with Gasteiger partial charge in [0, 0.05) is 11.6 Å². The van der Waals surface area contributed by atoms with Crippen molar-refractivity contribution in [1.29, 1.82) is 0 Å². The summed E-state index contributed by atoms with van der Waals surface area (Å²) in [6, 6.07) is 9.11. The maximum absolute atomic E-state index is 12.4. The van der Waals surface area contributed by atoms with Crippen LogP contribution in [0.15, 0.2) is 36.5 Å². The van der Waals surface area contributed by atoms with Gasteiger partial charge < -0.3 is 11.1 Å². The van der Waals surface area contributed by atoms with Crippen LogP contribution in [-0.2, 0) is 0 Å². The number of hydrogen-bond acceptors (Lipinski definition) is 4. The highest BCUT2D eigenvalue weighted by Crippen LogP contribution is 2.33. The smallest absolute Gasteiger partial charge is 0.267 e. The topological polar surface area (TPSA) is 68.0 Å². The zero-order valence-corrected chi connectivity index (χ0v) is 12.8. The molecule has 6 heteroatoms. The molecule has 2 heterocycles. The van der Waals surface area contributed by atoms with E-state index in [1.165, 1.54) is 11.3 Å². The Balaban J connectivity index is 1.97.